The summed E-state index contributed by atoms with van der Waals surface area (Å²) in [4.78, 5) is 16.9. The number of pyridine rings is 1. The number of carbonyl (C=O) groups excluding carboxylic acids is 1. The van der Waals surface area contributed by atoms with Gasteiger partial charge in [0.05, 0.1) is 23.0 Å². The summed E-state index contributed by atoms with van der Waals surface area (Å²) in [5.41, 5.74) is 11.6. The van der Waals surface area contributed by atoms with Crippen molar-refractivity contribution >= 4 is 22.8 Å². The van der Waals surface area contributed by atoms with Crippen molar-refractivity contribution in [2.45, 2.75) is 26.7 Å². The van der Waals surface area contributed by atoms with E-state index in [1.165, 1.54) is 5.56 Å². The highest BCUT2D eigenvalue weighted by Crippen LogP contribution is 2.41. The monoisotopic (exact) mass is 389 g/mol. The average molecular weight is 390 g/mol. The molecule has 5 heteroatoms. The molecule has 0 fully saturated rings. The van der Waals surface area contributed by atoms with Crippen molar-refractivity contribution < 1.29 is 4.79 Å². The van der Waals surface area contributed by atoms with E-state index < -0.39 is 5.41 Å². The molecule has 1 unspecified atom stereocenters. The summed E-state index contributed by atoms with van der Waals surface area (Å²) in [6.45, 7) is 5.92. The van der Waals surface area contributed by atoms with Gasteiger partial charge in [-0.3, -0.25) is 4.79 Å². The Balaban J connectivity index is 1.86. The Morgan fingerprint density at radius 3 is 2.50 bits per heavy atom. The number of nitrogens with zero attached hydrogens (tertiary/aromatic N) is 2. The van der Waals surface area contributed by atoms with Gasteiger partial charge in [0.25, 0.3) is 0 Å². The van der Waals surface area contributed by atoms with E-state index in [0.717, 1.165) is 27.9 Å². The first-order chi connectivity index (χ1) is 13.4. The fourth-order valence-electron chi connectivity index (χ4n) is 3.81. The third-order valence-corrected chi connectivity index (χ3v) is 6.35. The Labute approximate surface area is 168 Å². The second-order valence-electron chi connectivity index (χ2n) is 7.75. The SMILES string of the molecule is Cc1cscc1-c1ncn2cc(C(c3ccccc3)C(C)(C)C(N)=O)ccc12. The highest BCUT2D eigenvalue weighted by molar-refractivity contribution is 7.08. The number of aromatic nitrogens is 2. The number of nitrogens with two attached hydrogens (primary N) is 1. The standard InChI is InChI=1S/C23H23N3OS/c1-15-12-28-13-18(15)21-19-10-9-17(11-26(19)14-25-21)20(23(2,3)22(24)27)16-7-5-4-6-8-16/h4-14,20H,1-3H3,(H2,24,27). The van der Waals surface area contributed by atoms with Gasteiger partial charge in [0.1, 0.15) is 0 Å². The van der Waals surface area contributed by atoms with Crippen LogP contribution in [0.4, 0.5) is 0 Å². The van der Waals surface area contributed by atoms with Crippen molar-refractivity contribution in [1.82, 2.24) is 9.38 Å². The van der Waals surface area contributed by atoms with E-state index in [2.05, 4.69) is 41.0 Å². The quantitative estimate of drug-likeness (QED) is 0.521. The molecule has 0 spiro atoms. The van der Waals surface area contributed by atoms with E-state index in [9.17, 15) is 4.79 Å². The highest BCUT2D eigenvalue weighted by atomic mass is 32.1. The van der Waals surface area contributed by atoms with E-state index in [0.29, 0.717) is 0 Å². The fraction of sp³-hybridized carbons (Fsp3) is 0.217. The number of imidazole rings is 1. The van der Waals surface area contributed by atoms with Crippen molar-refractivity contribution in [3.05, 3.63) is 82.4 Å². The lowest BCUT2D eigenvalue weighted by Crippen LogP contribution is -2.37. The Bertz CT molecular complexity index is 1140. The Morgan fingerprint density at radius 1 is 1.11 bits per heavy atom. The van der Waals surface area contributed by atoms with Crippen LogP contribution >= 0.6 is 11.3 Å². The van der Waals surface area contributed by atoms with E-state index in [1.54, 1.807) is 11.3 Å². The van der Waals surface area contributed by atoms with E-state index in [4.69, 9.17) is 5.73 Å². The van der Waals surface area contributed by atoms with Crippen LogP contribution < -0.4 is 5.73 Å². The molecule has 142 valence electrons. The molecule has 0 saturated heterocycles. The number of primary amides is 1. The van der Waals surface area contributed by atoms with Crippen LogP contribution in [-0.4, -0.2) is 15.3 Å². The Morgan fingerprint density at radius 2 is 1.86 bits per heavy atom. The van der Waals surface area contributed by atoms with Gasteiger partial charge < -0.3 is 10.1 Å². The number of fused-ring (bicyclic) bond motifs is 1. The van der Waals surface area contributed by atoms with Crippen molar-refractivity contribution in [3.8, 4) is 11.3 Å². The number of thiophene rings is 1. The summed E-state index contributed by atoms with van der Waals surface area (Å²) in [6.07, 6.45) is 3.90. The number of amides is 1. The van der Waals surface area contributed by atoms with Crippen LogP contribution in [0.25, 0.3) is 16.8 Å². The Hall–Kier alpha value is -2.92. The molecule has 4 nitrogen and oxygen atoms in total. The first-order valence-corrected chi connectivity index (χ1v) is 10.2. The molecule has 3 aromatic heterocycles. The summed E-state index contributed by atoms with van der Waals surface area (Å²) in [5.74, 6) is -0.467. The van der Waals surface area contributed by atoms with Crippen LogP contribution in [0.15, 0.2) is 65.7 Å². The van der Waals surface area contributed by atoms with Crippen LogP contribution in [0.3, 0.4) is 0 Å². The van der Waals surface area contributed by atoms with Gasteiger partial charge in [-0.2, -0.15) is 11.3 Å². The summed E-state index contributed by atoms with van der Waals surface area (Å²) >= 11 is 1.68. The minimum atomic E-state index is -0.734. The lowest BCUT2D eigenvalue weighted by Gasteiger charge is -2.32. The molecule has 1 amide bonds. The summed E-state index contributed by atoms with van der Waals surface area (Å²) in [6, 6.07) is 14.2. The molecular weight excluding hydrogens is 366 g/mol. The number of rotatable bonds is 5. The van der Waals surface area contributed by atoms with Crippen LogP contribution in [0.5, 0.6) is 0 Å². The summed E-state index contributed by atoms with van der Waals surface area (Å²) in [5, 5.41) is 4.27. The maximum Gasteiger partial charge on any atom is 0.224 e. The van der Waals surface area contributed by atoms with Crippen LogP contribution in [0.2, 0.25) is 0 Å². The van der Waals surface area contributed by atoms with Gasteiger partial charge in [-0.05, 0) is 35.1 Å². The summed E-state index contributed by atoms with van der Waals surface area (Å²) in [7, 11) is 0. The average Bonchev–Trinajstić information content (AvgIpc) is 3.27. The van der Waals surface area contributed by atoms with E-state index in [1.807, 2.05) is 54.9 Å². The minimum absolute atomic E-state index is 0.149. The number of hydrogen-bond donors (Lipinski definition) is 1. The van der Waals surface area contributed by atoms with Gasteiger partial charge >= 0.3 is 0 Å². The lowest BCUT2D eigenvalue weighted by molar-refractivity contribution is -0.126. The van der Waals surface area contributed by atoms with Crippen molar-refractivity contribution in [3.63, 3.8) is 0 Å². The third kappa shape index (κ3) is 3.02. The second-order valence-corrected chi connectivity index (χ2v) is 8.49. The van der Waals surface area contributed by atoms with Crippen molar-refractivity contribution in [2.75, 3.05) is 0 Å². The van der Waals surface area contributed by atoms with Gasteiger partial charge in [-0.15, -0.1) is 0 Å². The van der Waals surface area contributed by atoms with Crippen LogP contribution in [0, 0.1) is 12.3 Å². The normalized spacial score (nSPS) is 13.0. The number of hydrogen-bond acceptors (Lipinski definition) is 3. The molecule has 0 bridgehead atoms. The van der Waals surface area contributed by atoms with E-state index in [-0.39, 0.29) is 11.8 Å². The molecule has 1 atom stereocenters. The molecule has 0 saturated carbocycles. The van der Waals surface area contributed by atoms with Gasteiger partial charge in [0, 0.05) is 23.1 Å². The predicted octanol–water partition coefficient (Wildman–Crippen LogP) is 5.01. The van der Waals surface area contributed by atoms with Crippen LogP contribution in [0.1, 0.15) is 36.5 Å². The minimum Gasteiger partial charge on any atom is -0.369 e. The van der Waals surface area contributed by atoms with Crippen LogP contribution in [-0.2, 0) is 4.79 Å². The lowest BCUT2D eigenvalue weighted by atomic mass is 9.71. The van der Waals surface area contributed by atoms with Crippen molar-refractivity contribution in [2.24, 2.45) is 11.1 Å². The molecule has 0 radical (unpaired) electrons. The second kappa shape index (κ2) is 6.91. The molecule has 28 heavy (non-hydrogen) atoms. The van der Waals surface area contributed by atoms with E-state index >= 15 is 0 Å². The topological polar surface area (TPSA) is 60.4 Å². The fourth-order valence-corrected chi connectivity index (χ4v) is 4.64. The molecule has 0 aliphatic carbocycles. The molecule has 2 N–H and O–H groups in total. The molecular formula is C23H23N3OS. The zero-order chi connectivity index (χ0) is 19.9. The third-order valence-electron chi connectivity index (χ3n) is 5.49. The summed E-state index contributed by atoms with van der Waals surface area (Å²) < 4.78 is 2.04. The zero-order valence-corrected chi connectivity index (χ0v) is 17.0. The molecule has 4 aromatic rings. The zero-order valence-electron chi connectivity index (χ0n) is 16.2. The van der Waals surface area contributed by atoms with Crippen molar-refractivity contribution in [1.29, 1.82) is 0 Å². The largest absolute Gasteiger partial charge is 0.369 e. The molecule has 4 rings (SSSR count). The first kappa shape index (κ1) is 18.4. The molecule has 0 aliphatic rings. The highest BCUT2D eigenvalue weighted by Gasteiger charge is 2.37. The van der Waals surface area contributed by atoms with Gasteiger partial charge in [-0.25, -0.2) is 4.98 Å². The predicted molar refractivity (Wildman–Crippen MR) is 115 cm³/mol. The number of carbonyl (C=O) groups is 1. The molecule has 1 aromatic carbocycles. The Kier molecular flexibility index (Phi) is 4.55. The molecule has 0 aliphatic heterocycles. The molecule has 3 heterocycles. The maximum absolute atomic E-state index is 12.3. The van der Waals surface area contributed by atoms with Gasteiger partial charge in [-0.1, -0.05) is 50.2 Å². The van der Waals surface area contributed by atoms with Gasteiger partial charge in [0.2, 0.25) is 5.91 Å². The smallest absolute Gasteiger partial charge is 0.224 e. The maximum atomic E-state index is 12.3. The number of benzene rings is 1. The number of aryl methyl sites for hydroxylation is 1. The first-order valence-electron chi connectivity index (χ1n) is 9.24. The van der Waals surface area contributed by atoms with Gasteiger partial charge in [0.15, 0.2) is 0 Å².